The quantitative estimate of drug-likeness (QED) is 0.785. The standard InChI is InChI=1S/C16H20O3/c1-12-4-3-5-13(10-12)11-16(15(18)19-2)8-6-14(17)7-9-16/h3-5,10H,6-9,11H2,1-2H3. The number of hydrogen-bond acceptors (Lipinski definition) is 3. The second-order valence-corrected chi connectivity index (χ2v) is 5.48. The van der Waals surface area contributed by atoms with Gasteiger partial charge in [-0.25, -0.2) is 0 Å². The van der Waals surface area contributed by atoms with Crippen molar-refractivity contribution in [3.63, 3.8) is 0 Å². The fraction of sp³-hybridized carbons (Fsp3) is 0.500. The number of ketones is 1. The maximum atomic E-state index is 12.2. The molecule has 0 saturated heterocycles. The molecular formula is C16H20O3. The molecule has 0 spiro atoms. The summed E-state index contributed by atoms with van der Waals surface area (Å²) in [5.41, 5.74) is 1.81. The van der Waals surface area contributed by atoms with Gasteiger partial charge in [-0.3, -0.25) is 9.59 Å². The summed E-state index contributed by atoms with van der Waals surface area (Å²) in [5, 5.41) is 0. The Morgan fingerprint density at radius 1 is 1.32 bits per heavy atom. The Morgan fingerprint density at radius 3 is 2.58 bits per heavy atom. The number of ether oxygens (including phenoxy) is 1. The predicted molar refractivity (Wildman–Crippen MR) is 72.8 cm³/mol. The van der Waals surface area contributed by atoms with E-state index >= 15 is 0 Å². The molecule has 1 saturated carbocycles. The van der Waals surface area contributed by atoms with Crippen molar-refractivity contribution in [2.45, 2.75) is 39.0 Å². The molecule has 1 aliphatic rings. The molecule has 0 radical (unpaired) electrons. The van der Waals surface area contributed by atoms with Crippen LogP contribution in [0.2, 0.25) is 0 Å². The zero-order valence-electron chi connectivity index (χ0n) is 11.6. The normalized spacial score (nSPS) is 18.1. The Labute approximate surface area is 114 Å². The van der Waals surface area contributed by atoms with E-state index in [1.165, 1.54) is 12.7 Å². The molecule has 1 aromatic rings. The number of Topliss-reactive ketones (excluding diaryl/α,β-unsaturated/α-hetero) is 1. The third-order valence-corrected chi connectivity index (χ3v) is 4.01. The van der Waals surface area contributed by atoms with Gasteiger partial charge in [0.2, 0.25) is 0 Å². The van der Waals surface area contributed by atoms with Crippen molar-refractivity contribution in [1.82, 2.24) is 0 Å². The minimum Gasteiger partial charge on any atom is -0.469 e. The van der Waals surface area contributed by atoms with Crippen LogP contribution >= 0.6 is 0 Å². The van der Waals surface area contributed by atoms with Gasteiger partial charge in [0, 0.05) is 12.8 Å². The van der Waals surface area contributed by atoms with Crippen LogP contribution in [0.5, 0.6) is 0 Å². The van der Waals surface area contributed by atoms with Crippen LogP contribution in [0, 0.1) is 12.3 Å². The summed E-state index contributed by atoms with van der Waals surface area (Å²) in [4.78, 5) is 23.6. The molecule has 1 aliphatic carbocycles. The maximum absolute atomic E-state index is 12.2. The van der Waals surface area contributed by atoms with Gasteiger partial charge in [0.25, 0.3) is 0 Å². The lowest BCUT2D eigenvalue weighted by Gasteiger charge is -2.34. The summed E-state index contributed by atoms with van der Waals surface area (Å²) in [5.74, 6) is 0.0743. The van der Waals surface area contributed by atoms with E-state index in [0.717, 1.165) is 5.56 Å². The number of rotatable bonds is 3. The lowest BCUT2D eigenvalue weighted by molar-refractivity contribution is -0.155. The Kier molecular flexibility index (Phi) is 4.03. The summed E-state index contributed by atoms with van der Waals surface area (Å²) >= 11 is 0. The van der Waals surface area contributed by atoms with Crippen LogP contribution in [-0.4, -0.2) is 18.9 Å². The maximum Gasteiger partial charge on any atom is 0.312 e. The highest BCUT2D eigenvalue weighted by Crippen LogP contribution is 2.39. The number of methoxy groups -OCH3 is 1. The monoisotopic (exact) mass is 260 g/mol. The van der Waals surface area contributed by atoms with Gasteiger partial charge in [0.15, 0.2) is 0 Å². The van der Waals surface area contributed by atoms with E-state index in [1.54, 1.807) is 0 Å². The van der Waals surface area contributed by atoms with Crippen molar-refractivity contribution in [3.05, 3.63) is 35.4 Å². The molecule has 0 bridgehead atoms. The molecular weight excluding hydrogens is 240 g/mol. The molecule has 0 aliphatic heterocycles. The van der Waals surface area contributed by atoms with E-state index in [-0.39, 0.29) is 11.8 Å². The molecule has 0 unspecified atom stereocenters. The summed E-state index contributed by atoms with van der Waals surface area (Å²) in [6.07, 6.45) is 2.84. The zero-order valence-corrected chi connectivity index (χ0v) is 11.6. The fourth-order valence-electron chi connectivity index (χ4n) is 2.89. The minimum atomic E-state index is -0.517. The van der Waals surface area contributed by atoms with Crippen LogP contribution in [0.3, 0.4) is 0 Å². The predicted octanol–water partition coefficient (Wildman–Crippen LogP) is 2.84. The van der Waals surface area contributed by atoms with Gasteiger partial charge in [0.1, 0.15) is 5.78 Å². The number of carbonyl (C=O) groups is 2. The second-order valence-electron chi connectivity index (χ2n) is 5.48. The van der Waals surface area contributed by atoms with Gasteiger partial charge in [-0.05, 0) is 31.7 Å². The first-order valence-corrected chi connectivity index (χ1v) is 6.71. The molecule has 102 valence electrons. The van der Waals surface area contributed by atoms with Gasteiger partial charge in [0.05, 0.1) is 12.5 Å². The Balaban J connectivity index is 2.23. The topological polar surface area (TPSA) is 43.4 Å². The van der Waals surface area contributed by atoms with Gasteiger partial charge in [-0.1, -0.05) is 29.8 Å². The van der Waals surface area contributed by atoms with Gasteiger partial charge >= 0.3 is 5.97 Å². The first kappa shape index (κ1) is 13.8. The van der Waals surface area contributed by atoms with E-state index in [9.17, 15) is 9.59 Å². The lowest BCUT2D eigenvalue weighted by Crippen LogP contribution is -2.38. The number of aryl methyl sites for hydroxylation is 1. The van der Waals surface area contributed by atoms with Crippen molar-refractivity contribution in [1.29, 1.82) is 0 Å². The molecule has 1 fully saturated rings. The van der Waals surface area contributed by atoms with E-state index in [1.807, 2.05) is 25.1 Å². The fourth-order valence-corrected chi connectivity index (χ4v) is 2.89. The van der Waals surface area contributed by atoms with Crippen molar-refractivity contribution in [2.75, 3.05) is 7.11 Å². The van der Waals surface area contributed by atoms with E-state index in [4.69, 9.17) is 4.74 Å². The SMILES string of the molecule is COC(=O)C1(Cc2cccc(C)c2)CCC(=O)CC1. The van der Waals surface area contributed by atoms with Gasteiger partial charge < -0.3 is 4.74 Å². The van der Waals surface area contributed by atoms with Crippen LogP contribution in [-0.2, 0) is 20.7 Å². The molecule has 1 aromatic carbocycles. The Bertz CT molecular complexity index is 481. The average Bonchev–Trinajstić information content (AvgIpc) is 2.41. The first-order chi connectivity index (χ1) is 9.05. The minimum absolute atomic E-state index is 0.179. The Morgan fingerprint density at radius 2 is 2.00 bits per heavy atom. The van der Waals surface area contributed by atoms with Gasteiger partial charge in [-0.2, -0.15) is 0 Å². The molecule has 19 heavy (non-hydrogen) atoms. The summed E-state index contributed by atoms with van der Waals surface area (Å²) in [7, 11) is 1.43. The average molecular weight is 260 g/mol. The highest BCUT2D eigenvalue weighted by molar-refractivity contribution is 5.84. The first-order valence-electron chi connectivity index (χ1n) is 6.71. The van der Waals surface area contributed by atoms with Crippen molar-refractivity contribution in [2.24, 2.45) is 5.41 Å². The third kappa shape index (κ3) is 3.03. The lowest BCUT2D eigenvalue weighted by atomic mass is 9.70. The highest BCUT2D eigenvalue weighted by atomic mass is 16.5. The molecule has 0 N–H and O–H groups in total. The summed E-state index contributed by atoms with van der Waals surface area (Å²) in [6, 6.07) is 8.18. The van der Waals surface area contributed by atoms with Crippen molar-refractivity contribution >= 4 is 11.8 Å². The van der Waals surface area contributed by atoms with Crippen LogP contribution < -0.4 is 0 Å². The van der Waals surface area contributed by atoms with Crippen molar-refractivity contribution < 1.29 is 14.3 Å². The number of benzene rings is 1. The second kappa shape index (κ2) is 5.55. The number of carbonyl (C=O) groups excluding carboxylic acids is 2. The van der Waals surface area contributed by atoms with E-state index in [2.05, 4.69) is 6.07 Å². The molecule has 0 aromatic heterocycles. The molecule has 2 rings (SSSR count). The zero-order chi connectivity index (χ0) is 13.9. The largest absolute Gasteiger partial charge is 0.469 e. The summed E-state index contributed by atoms with van der Waals surface area (Å²) < 4.78 is 4.98. The summed E-state index contributed by atoms with van der Waals surface area (Å²) in [6.45, 7) is 2.04. The number of hydrogen-bond donors (Lipinski definition) is 0. The van der Waals surface area contributed by atoms with Crippen molar-refractivity contribution in [3.8, 4) is 0 Å². The smallest absolute Gasteiger partial charge is 0.312 e. The van der Waals surface area contributed by atoms with Gasteiger partial charge in [-0.15, -0.1) is 0 Å². The van der Waals surface area contributed by atoms with E-state index in [0.29, 0.717) is 32.1 Å². The number of esters is 1. The van der Waals surface area contributed by atoms with Crippen LogP contribution in [0.25, 0.3) is 0 Å². The molecule has 3 heteroatoms. The van der Waals surface area contributed by atoms with Crippen LogP contribution in [0.1, 0.15) is 36.8 Å². The van der Waals surface area contributed by atoms with Crippen LogP contribution in [0.4, 0.5) is 0 Å². The molecule has 3 nitrogen and oxygen atoms in total. The Hall–Kier alpha value is -1.64. The molecule has 0 heterocycles. The van der Waals surface area contributed by atoms with Crippen LogP contribution in [0.15, 0.2) is 24.3 Å². The molecule has 0 amide bonds. The third-order valence-electron chi connectivity index (χ3n) is 4.01. The highest BCUT2D eigenvalue weighted by Gasteiger charge is 2.42. The molecule has 0 atom stereocenters. The van der Waals surface area contributed by atoms with E-state index < -0.39 is 5.41 Å².